The number of furan rings is 1. The predicted octanol–water partition coefficient (Wildman–Crippen LogP) is 0.995. The maximum Gasteiger partial charge on any atom is 0.123 e. The summed E-state index contributed by atoms with van der Waals surface area (Å²) in [5, 5.41) is 12.8. The molecule has 4 heteroatoms. The van der Waals surface area contributed by atoms with Crippen molar-refractivity contribution in [3.8, 4) is 0 Å². The monoisotopic (exact) mass is 224 g/mol. The molecule has 4 nitrogen and oxygen atoms in total. The molecule has 2 rings (SSSR count). The highest BCUT2D eigenvalue weighted by molar-refractivity contribution is 5.05. The molecule has 0 bridgehead atoms. The Morgan fingerprint density at radius 1 is 1.69 bits per heavy atom. The molecule has 0 radical (unpaired) electrons. The van der Waals surface area contributed by atoms with E-state index in [1.165, 1.54) is 0 Å². The molecule has 0 saturated carbocycles. The zero-order chi connectivity index (χ0) is 11.5. The van der Waals surface area contributed by atoms with E-state index in [1.54, 1.807) is 6.26 Å². The van der Waals surface area contributed by atoms with Gasteiger partial charge in [-0.05, 0) is 32.5 Å². The van der Waals surface area contributed by atoms with E-state index < -0.39 is 0 Å². The van der Waals surface area contributed by atoms with Crippen molar-refractivity contribution < 1.29 is 9.52 Å². The number of nitrogens with zero attached hydrogens (tertiary/aromatic N) is 1. The molecule has 3 atom stereocenters. The van der Waals surface area contributed by atoms with Gasteiger partial charge in [-0.2, -0.15) is 0 Å². The quantitative estimate of drug-likeness (QED) is 0.801. The van der Waals surface area contributed by atoms with Crippen molar-refractivity contribution in [2.75, 3.05) is 20.2 Å². The van der Waals surface area contributed by atoms with Crippen LogP contribution in [0.15, 0.2) is 22.8 Å². The molecule has 0 spiro atoms. The van der Waals surface area contributed by atoms with Gasteiger partial charge in [0.1, 0.15) is 5.76 Å². The average Bonchev–Trinajstić information content (AvgIpc) is 2.86. The normalized spacial score (nSPS) is 28.4. The molecule has 1 aromatic heterocycles. The van der Waals surface area contributed by atoms with Crippen LogP contribution in [0, 0.1) is 0 Å². The fourth-order valence-electron chi connectivity index (χ4n) is 2.31. The summed E-state index contributed by atoms with van der Waals surface area (Å²) in [5.41, 5.74) is 0. The largest absolute Gasteiger partial charge is 0.468 e. The van der Waals surface area contributed by atoms with E-state index in [0.29, 0.717) is 12.1 Å². The number of likely N-dealkylation sites (N-methyl/N-ethyl adjacent to an activating group) is 1. The van der Waals surface area contributed by atoms with Crippen LogP contribution in [-0.4, -0.2) is 42.3 Å². The summed E-state index contributed by atoms with van der Waals surface area (Å²) in [6.07, 6.45) is 2.76. The van der Waals surface area contributed by atoms with Crippen molar-refractivity contribution in [2.24, 2.45) is 0 Å². The summed E-state index contributed by atoms with van der Waals surface area (Å²) in [4.78, 5) is 2.33. The van der Waals surface area contributed by atoms with Gasteiger partial charge in [0.2, 0.25) is 0 Å². The van der Waals surface area contributed by atoms with Gasteiger partial charge in [0, 0.05) is 18.6 Å². The molecule has 90 valence electrons. The highest BCUT2D eigenvalue weighted by atomic mass is 16.3. The van der Waals surface area contributed by atoms with Crippen LogP contribution < -0.4 is 5.32 Å². The molecule has 1 saturated heterocycles. The van der Waals surface area contributed by atoms with Crippen molar-refractivity contribution >= 4 is 0 Å². The van der Waals surface area contributed by atoms with Crippen LogP contribution in [0.1, 0.15) is 25.1 Å². The second kappa shape index (κ2) is 4.99. The zero-order valence-corrected chi connectivity index (χ0v) is 9.89. The summed E-state index contributed by atoms with van der Waals surface area (Å²) in [6, 6.07) is 4.70. The second-order valence-corrected chi connectivity index (χ2v) is 4.64. The maximum absolute atomic E-state index is 9.35. The van der Waals surface area contributed by atoms with Gasteiger partial charge in [0.05, 0.1) is 18.9 Å². The Kier molecular flexibility index (Phi) is 3.63. The highest BCUT2D eigenvalue weighted by Gasteiger charge is 2.28. The minimum absolute atomic E-state index is 0.0715. The maximum atomic E-state index is 9.35. The number of hydrogen-bond donors (Lipinski definition) is 2. The van der Waals surface area contributed by atoms with Gasteiger partial charge in [0.25, 0.3) is 0 Å². The van der Waals surface area contributed by atoms with E-state index >= 15 is 0 Å². The van der Waals surface area contributed by atoms with Crippen molar-refractivity contribution in [2.45, 2.75) is 31.5 Å². The Morgan fingerprint density at radius 3 is 3.00 bits per heavy atom. The standard InChI is InChI=1S/C12H20N2O2/c1-9-6-10(7-14(9)2)13-11(8-15)12-4-3-5-16-12/h3-5,9-11,13,15H,6-8H2,1-2H3. The summed E-state index contributed by atoms with van der Waals surface area (Å²) < 4.78 is 5.31. The predicted molar refractivity (Wildman–Crippen MR) is 62.2 cm³/mol. The molecular formula is C12H20N2O2. The van der Waals surface area contributed by atoms with E-state index in [2.05, 4.69) is 24.2 Å². The Hall–Kier alpha value is -0.840. The number of aliphatic hydroxyl groups is 1. The SMILES string of the molecule is CC1CC(NC(CO)c2ccco2)CN1C. The molecule has 2 N–H and O–H groups in total. The smallest absolute Gasteiger partial charge is 0.123 e. The number of nitrogens with one attached hydrogen (secondary N) is 1. The van der Waals surface area contributed by atoms with Gasteiger partial charge in [-0.25, -0.2) is 0 Å². The Morgan fingerprint density at radius 2 is 2.50 bits per heavy atom. The second-order valence-electron chi connectivity index (χ2n) is 4.64. The van der Waals surface area contributed by atoms with E-state index in [0.717, 1.165) is 18.7 Å². The lowest BCUT2D eigenvalue weighted by Crippen LogP contribution is -2.36. The van der Waals surface area contributed by atoms with E-state index in [1.807, 2.05) is 12.1 Å². The average molecular weight is 224 g/mol. The van der Waals surface area contributed by atoms with Crippen molar-refractivity contribution in [3.63, 3.8) is 0 Å². The molecule has 0 aliphatic carbocycles. The van der Waals surface area contributed by atoms with E-state index in [-0.39, 0.29) is 12.6 Å². The third-order valence-corrected chi connectivity index (χ3v) is 3.39. The molecular weight excluding hydrogens is 204 g/mol. The first-order valence-electron chi connectivity index (χ1n) is 5.81. The third-order valence-electron chi connectivity index (χ3n) is 3.39. The van der Waals surface area contributed by atoms with Crippen LogP contribution in [0.4, 0.5) is 0 Å². The van der Waals surface area contributed by atoms with Crippen LogP contribution in [-0.2, 0) is 0 Å². The molecule has 1 fully saturated rings. The summed E-state index contributed by atoms with van der Waals surface area (Å²) >= 11 is 0. The lowest BCUT2D eigenvalue weighted by Gasteiger charge is -2.19. The minimum Gasteiger partial charge on any atom is -0.468 e. The fourth-order valence-corrected chi connectivity index (χ4v) is 2.31. The number of likely N-dealkylation sites (tertiary alicyclic amines) is 1. The van der Waals surface area contributed by atoms with Gasteiger partial charge in [-0.1, -0.05) is 0 Å². The first-order chi connectivity index (χ1) is 7.70. The molecule has 3 unspecified atom stereocenters. The fraction of sp³-hybridized carbons (Fsp3) is 0.667. The number of aliphatic hydroxyl groups excluding tert-OH is 1. The minimum atomic E-state index is -0.0845. The van der Waals surface area contributed by atoms with Crippen molar-refractivity contribution in [1.29, 1.82) is 0 Å². The Labute approximate surface area is 96.2 Å². The third kappa shape index (κ3) is 2.45. The summed E-state index contributed by atoms with van der Waals surface area (Å²) in [5.74, 6) is 0.810. The molecule has 16 heavy (non-hydrogen) atoms. The van der Waals surface area contributed by atoms with E-state index in [4.69, 9.17) is 4.42 Å². The molecule has 1 aliphatic rings. The topological polar surface area (TPSA) is 48.6 Å². The van der Waals surface area contributed by atoms with Gasteiger partial charge >= 0.3 is 0 Å². The molecule has 2 heterocycles. The molecule has 1 aliphatic heterocycles. The Bertz CT molecular complexity index is 303. The van der Waals surface area contributed by atoms with Gasteiger partial charge < -0.3 is 19.7 Å². The van der Waals surface area contributed by atoms with Crippen molar-refractivity contribution in [1.82, 2.24) is 10.2 Å². The lowest BCUT2D eigenvalue weighted by molar-refractivity contribution is 0.214. The van der Waals surface area contributed by atoms with Gasteiger partial charge in [0.15, 0.2) is 0 Å². The first kappa shape index (κ1) is 11.6. The molecule has 0 amide bonds. The molecule has 0 aromatic carbocycles. The van der Waals surface area contributed by atoms with Crippen LogP contribution >= 0.6 is 0 Å². The Balaban J connectivity index is 1.93. The summed E-state index contributed by atoms with van der Waals surface area (Å²) in [6.45, 7) is 3.32. The highest BCUT2D eigenvalue weighted by Crippen LogP contribution is 2.19. The van der Waals surface area contributed by atoms with Gasteiger partial charge in [-0.15, -0.1) is 0 Å². The zero-order valence-electron chi connectivity index (χ0n) is 9.89. The molecule has 1 aromatic rings. The summed E-state index contributed by atoms with van der Waals surface area (Å²) in [7, 11) is 2.13. The van der Waals surface area contributed by atoms with E-state index in [9.17, 15) is 5.11 Å². The van der Waals surface area contributed by atoms with Crippen LogP contribution in [0.25, 0.3) is 0 Å². The van der Waals surface area contributed by atoms with Crippen LogP contribution in [0.3, 0.4) is 0 Å². The number of rotatable bonds is 4. The number of hydrogen-bond acceptors (Lipinski definition) is 4. The van der Waals surface area contributed by atoms with Gasteiger partial charge in [-0.3, -0.25) is 0 Å². The van der Waals surface area contributed by atoms with Crippen LogP contribution in [0.5, 0.6) is 0 Å². The first-order valence-corrected chi connectivity index (χ1v) is 5.81. The lowest BCUT2D eigenvalue weighted by atomic mass is 10.1. The van der Waals surface area contributed by atoms with Crippen LogP contribution in [0.2, 0.25) is 0 Å². The van der Waals surface area contributed by atoms with Crippen molar-refractivity contribution in [3.05, 3.63) is 24.2 Å².